The molecule has 1 aromatic rings. The van der Waals surface area contributed by atoms with E-state index in [9.17, 15) is 4.79 Å². The molecular formula is C14H21ClN2O2. The van der Waals surface area contributed by atoms with Gasteiger partial charge in [-0.05, 0) is 13.0 Å². The van der Waals surface area contributed by atoms with Crippen molar-refractivity contribution in [1.29, 1.82) is 0 Å². The van der Waals surface area contributed by atoms with Crippen LogP contribution in [0.5, 0.6) is 5.75 Å². The van der Waals surface area contributed by atoms with E-state index in [0.717, 1.165) is 24.4 Å². The third-order valence-corrected chi connectivity index (χ3v) is 3.19. The standard InChI is InChI=1S/C14H20N2O2.ClH/c1-3-18-13-7-5-4-6-11(13)10-16(2)14(17)12-8-15-9-12;/h4-7,12,15H,3,8-10H2,1-2H3;1H. The molecule has 0 unspecified atom stereocenters. The van der Waals surface area contributed by atoms with Crippen molar-refractivity contribution in [2.45, 2.75) is 13.5 Å². The summed E-state index contributed by atoms with van der Waals surface area (Å²) in [5, 5.41) is 3.12. The fraction of sp³-hybridized carbons (Fsp3) is 0.500. The number of hydrogen-bond donors (Lipinski definition) is 1. The maximum absolute atomic E-state index is 12.0. The maximum Gasteiger partial charge on any atom is 0.228 e. The highest BCUT2D eigenvalue weighted by Crippen LogP contribution is 2.20. The molecule has 106 valence electrons. The highest BCUT2D eigenvalue weighted by molar-refractivity contribution is 5.85. The third kappa shape index (κ3) is 3.85. The van der Waals surface area contributed by atoms with Gasteiger partial charge in [0.2, 0.25) is 5.91 Å². The zero-order valence-corrected chi connectivity index (χ0v) is 12.2. The number of nitrogens with zero attached hydrogens (tertiary/aromatic N) is 1. The summed E-state index contributed by atoms with van der Waals surface area (Å²) in [6.45, 7) is 4.81. The molecule has 0 atom stereocenters. The molecule has 1 amide bonds. The number of carbonyl (C=O) groups is 1. The average molecular weight is 285 g/mol. The van der Waals surface area contributed by atoms with E-state index in [1.807, 2.05) is 38.2 Å². The van der Waals surface area contributed by atoms with Gasteiger partial charge in [0, 0.05) is 32.2 Å². The van der Waals surface area contributed by atoms with Crippen molar-refractivity contribution < 1.29 is 9.53 Å². The molecule has 0 aliphatic carbocycles. The lowest BCUT2D eigenvalue weighted by Crippen LogP contribution is -2.51. The third-order valence-electron chi connectivity index (χ3n) is 3.19. The van der Waals surface area contributed by atoms with E-state index in [4.69, 9.17) is 4.74 Å². The first-order chi connectivity index (χ1) is 8.72. The summed E-state index contributed by atoms with van der Waals surface area (Å²) in [6.07, 6.45) is 0. The van der Waals surface area contributed by atoms with Gasteiger partial charge >= 0.3 is 0 Å². The Kier molecular flexibility index (Phi) is 6.12. The molecular weight excluding hydrogens is 264 g/mol. The highest BCUT2D eigenvalue weighted by Gasteiger charge is 2.27. The Bertz CT molecular complexity index is 422. The monoisotopic (exact) mass is 284 g/mol. The van der Waals surface area contributed by atoms with Crippen molar-refractivity contribution in [2.24, 2.45) is 5.92 Å². The Morgan fingerprint density at radius 3 is 2.68 bits per heavy atom. The second kappa shape index (κ2) is 7.36. The van der Waals surface area contributed by atoms with Crippen molar-refractivity contribution in [3.05, 3.63) is 29.8 Å². The minimum atomic E-state index is 0. The molecule has 1 N–H and O–H groups in total. The zero-order chi connectivity index (χ0) is 13.0. The quantitative estimate of drug-likeness (QED) is 0.895. The van der Waals surface area contributed by atoms with E-state index in [1.54, 1.807) is 4.90 Å². The van der Waals surface area contributed by atoms with E-state index in [0.29, 0.717) is 13.2 Å². The molecule has 19 heavy (non-hydrogen) atoms. The van der Waals surface area contributed by atoms with Crippen LogP contribution in [0.25, 0.3) is 0 Å². The number of para-hydroxylation sites is 1. The number of carbonyl (C=O) groups excluding carboxylic acids is 1. The van der Waals surface area contributed by atoms with E-state index in [-0.39, 0.29) is 24.2 Å². The predicted molar refractivity (Wildman–Crippen MR) is 77.7 cm³/mol. The lowest BCUT2D eigenvalue weighted by molar-refractivity contribution is -0.136. The molecule has 1 aliphatic heterocycles. The lowest BCUT2D eigenvalue weighted by Gasteiger charge is -2.30. The first-order valence-electron chi connectivity index (χ1n) is 6.38. The number of nitrogens with one attached hydrogen (secondary N) is 1. The molecule has 0 saturated carbocycles. The molecule has 1 aliphatic rings. The molecule has 4 nitrogen and oxygen atoms in total. The van der Waals surface area contributed by atoms with Crippen molar-refractivity contribution in [2.75, 3.05) is 26.7 Å². The minimum Gasteiger partial charge on any atom is -0.494 e. The molecule has 5 heteroatoms. The average Bonchev–Trinajstić information content (AvgIpc) is 2.29. The Hall–Kier alpha value is -1.26. The maximum atomic E-state index is 12.0. The van der Waals surface area contributed by atoms with Gasteiger partial charge in [0.25, 0.3) is 0 Å². The van der Waals surface area contributed by atoms with Gasteiger partial charge in [-0.1, -0.05) is 18.2 Å². The largest absolute Gasteiger partial charge is 0.494 e. The molecule has 0 bridgehead atoms. The van der Waals surface area contributed by atoms with Crippen LogP contribution in [0.15, 0.2) is 24.3 Å². The van der Waals surface area contributed by atoms with Gasteiger partial charge in [-0.3, -0.25) is 4.79 Å². The Morgan fingerprint density at radius 1 is 1.42 bits per heavy atom. The minimum absolute atomic E-state index is 0. The fourth-order valence-electron chi connectivity index (χ4n) is 2.04. The summed E-state index contributed by atoms with van der Waals surface area (Å²) in [4.78, 5) is 13.8. The van der Waals surface area contributed by atoms with Crippen molar-refractivity contribution in [3.63, 3.8) is 0 Å². The Morgan fingerprint density at radius 2 is 2.11 bits per heavy atom. The summed E-state index contributed by atoms with van der Waals surface area (Å²) >= 11 is 0. The summed E-state index contributed by atoms with van der Waals surface area (Å²) < 4.78 is 5.57. The van der Waals surface area contributed by atoms with Gasteiger partial charge in [0.1, 0.15) is 5.75 Å². The van der Waals surface area contributed by atoms with Crippen LogP contribution in [-0.4, -0.2) is 37.6 Å². The van der Waals surface area contributed by atoms with Crippen LogP contribution in [-0.2, 0) is 11.3 Å². The van der Waals surface area contributed by atoms with E-state index < -0.39 is 0 Å². The van der Waals surface area contributed by atoms with Crippen LogP contribution in [0.2, 0.25) is 0 Å². The number of hydrogen-bond acceptors (Lipinski definition) is 3. The fourth-order valence-corrected chi connectivity index (χ4v) is 2.04. The topological polar surface area (TPSA) is 41.6 Å². The first kappa shape index (κ1) is 15.8. The molecule has 1 aromatic carbocycles. The summed E-state index contributed by atoms with van der Waals surface area (Å²) in [7, 11) is 1.85. The van der Waals surface area contributed by atoms with Crippen LogP contribution in [0.3, 0.4) is 0 Å². The van der Waals surface area contributed by atoms with E-state index in [1.165, 1.54) is 0 Å². The molecule has 0 spiro atoms. The number of amides is 1. The SMILES string of the molecule is CCOc1ccccc1CN(C)C(=O)C1CNC1.Cl. The highest BCUT2D eigenvalue weighted by atomic mass is 35.5. The summed E-state index contributed by atoms with van der Waals surface area (Å²) in [5.41, 5.74) is 1.06. The van der Waals surface area contributed by atoms with Gasteiger partial charge in [-0.2, -0.15) is 0 Å². The normalized spacial score (nSPS) is 14.2. The van der Waals surface area contributed by atoms with Gasteiger partial charge in [0.05, 0.1) is 12.5 Å². The van der Waals surface area contributed by atoms with Gasteiger partial charge < -0.3 is 15.0 Å². The summed E-state index contributed by atoms with van der Waals surface area (Å²) in [6, 6.07) is 7.88. The van der Waals surface area contributed by atoms with Gasteiger partial charge in [0.15, 0.2) is 0 Å². The number of benzene rings is 1. The Labute approximate surface area is 120 Å². The number of ether oxygens (including phenoxy) is 1. The smallest absolute Gasteiger partial charge is 0.228 e. The number of halogens is 1. The van der Waals surface area contributed by atoms with Gasteiger partial charge in [-0.25, -0.2) is 0 Å². The Balaban J connectivity index is 0.00000180. The second-order valence-electron chi connectivity index (χ2n) is 4.59. The first-order valence-corrected chi connectivity index (χ1v) is 6.38. The molecule has 0 radical (unpaired) electrons. The molecule has 1 saturated heterocycles. The molecule has 1 fully saturated rings. The van der Waals surface area contributed by atoms with E-state index >= 15 is 0 Å². The van der Waals surface area contributed by atoms with Crippen LogP contribution >= 0.6 is 12.4 Å². The van der Waals surface area contributed by atoms with Crippen molar-refractivity contribution in [3.8, 4) is 5.75 Å². The van der Waals surface area contributed by atoms with Crippen LogP contribution < -0.4 is 10.1 Å². The van der Waals surface area contributed by atoms with Crippen molar-refractivity contribution >= 4 is 18.3 Å². The van der Waals surface area contributed by atoms with Crippen LogP contribution in [0.4, 0.5) is 0 Å². The number of rotatable bonds is 5. The van der Waals surface area contributed by atoms with E-state index in [2.05, 4.69) is 5.32 Å². The van der Waals surface area contributed by atoms with Crippen LogP contribution in [0, 0.1) is 5.92 Å². The molecule has 2 rings (SSSR count). The molecule has 0 aromatic heterocycles. The van der Waals surface area contributed by atoms with Gasteiger partial charge in [-0.15, -0.1) is 12.4 Å². The lowest BCUT2D eigenvalue weighted by atomic mass is 10.0. The summed E-state index contributed by atoms with van der Waals surface area (Å²) in [5.74, 6) is 1.22. The zero-order valence-electron chi connectivity index (χ0n) is 11.4. The molecule has 1 heterocycles. The predicted octanol–water partition coefficient (Wildman–Crippen LogP) is 1.68. The second-order valence-corrected chi connectivity index (χ2v) is 4.59. The van der Waals surface area contributed by atoms with Crippen molar-refractivity contribution in [1.82, 2.24) is 10.2 Å². The van der Waals surface area contributed by atoms with Crippen LogP contribution in [0.1, 0.15) is 12.5 Å².